The lowest BCUT2D eigenvalue weighted by Crippen LogP contribution is -2.17. The van der Waals surface area contributed by atoms with Crippen LogP contribution in [0.15, 0.2) is 24.3 Å². The SMILES string of the molecule is COc1ccc(CNCCC(=O)O)cc1.Cl. The summed E-state index contributed by atoms with van der Waals surface area (Å²) in [4.78, 5) is 10.2. The first-order valence-electron chi connectivity index (χ1n) is 4.78. The van der Waals surface area contributed by atoms with Crippen LogP contribution in [0.5, 0.6) is 5.75 Å². The summed E-state index contributed by atoms with van der Waals surface area (Å²) in [6.45, 7) is 1.17. The third-order valence-electron chi connectivity index (χ3n) is 2.00. The van der Waals surface area contributed by atoms with Crippen molar-refractivity contribution >= 4 is 18.4 Å². The normalized spacial score (nSPS) is 9.31. The van der Waals surface area contributed by atoms with Gasteiger partial charge in [-0.05, 0) is 17.7 Å². The summed E-state index contributed by atoms with van der Waals surface area (Å²) in [6.07, 6.45) is 0.149. The van der Waals surface area contributed by atoms with Crippen LogP contribution in [0.2, 0.25) is 0 Å². The monoisotopic (exact) mass is 245 g/mol. The van der Waals surface area contributed by atoms with E-state index in [2.05, 4.69) is 5.32 Å². The van der Waals surface area contributed by atoms with Crippen molar-refractivity contribution in [2.24, 2.45) is 0 Å². The first-order chi connectivity index (χ1) is 7.22. The van der Waals surface area contributed by atoms with E-state index in [9.17, 15) is 4.79 Å². The molecule has 5 heteroatoms. The molecule has 0 aliphatic rings. The van der Waals surface area contributed by atoms with Gasteiger partial charge in [0.2, 0.25) is 0 Å². The Morgan fingerprint density at radius 1 is 1.38 bits per heavy atom. The Balaban J connectivity index is 0.00000225. The molecule has 0 saturated heterocycles. The molecule has 0 radical (unpaired) electrons. The highest BCUT2D eigenvalue weighted by molar-refractivity contribution is 5.85. The Kier molecular flexibility index (Phi) is 7.33. The molecule has 0 spiro atoms. The van der Waals surface area contributed by atoms with Crippen molar-refractivity contribution < 1.29 is 14.6 Å². The molecule has 0 atom stereocenters. The molecule has 1 rings (SSSR count). The summed E-state index contributed by atoms with van der Waals surface area (Å²) in [5.74, 6) is 0.0431. The number of carboxylic acids is 1. The topological polar surface area (TPSA) is 58.6 Å². The number of aliphatic carboxylic acids is 1. The highest BCUT2D eigenvalue weighted by Gasteiger charge is 1.97. The number of nitrogens with one attached hydrogen (secondary N) is 1. The number of rotatable bonds is 6. The number of carboxylic acid groups (broad SMARTS) is 1. The number of ether oxygens (including phenoxy) is 1. The molecule has 0 fully saturated rings. The Morgan fingerprint density at radius 3 is 2.50 bits per heavy atom. The molecule has 16 heavy (non-hydrogen) atoms. The second-order valence-electron chi connectivity index (χ2n) is 3.17. The Bertz CT molecular complexity index is 314. The van der Waals surface area contributed by atoms with Crippen molar-refractivity contribution in [1.82, 2.24) is 5.32 Å². The quantitative estimate of drug-likeness (QED) is 0.749. The van der Waals surface area contributed by atoms with Gasteiger partial charge in [-0.15, -0.1) is 12.4 Å². The highest BCUT2D eigenvalue weighted by atomic mass is 35.5. The molecular weight excluding hydrogens is 230 g/mol. The van der Waals surface area contributed by atoms with E-state index in [4.69, 9.17) is 9.84 Å². The summed E-state index contributed by atoms with van der Waals surface area (Å²) in [6, 6.07) is 7.67. The highest BCUT2D eigenvalue weighted by Crippen LogP contribution is 2.10. The maximum atomic E-state index is 10.2. The summed E-state index contributed by atoms with van der Waals surface area (Å²) in [7, 11) is 1.63. The van der Waals surface area contributed by atoms with E-state index in [0.717, 1.165) is 11.3 Å². The lowest BCUT2D eigenvalue weighted by Gasteiger charge is -2.04. The molecule has 0 bridgehead atoms. The van der Waals surface area contributed by atoms with E-state index in [1.54, 1.807) is 7.11 Å². The lowest BCUT2D eigenvalue weighted by molar-refractivity contribution is -0.136. The van der Waals surface area contributed by atoms with Crippen molar-refractivity contribution in [1.29, 1.82) is 0 Å². The average molecular weight is 246 g/mol. The molecule has 0 unspecified atom stereocenters. The number of hydrogen-bond donors (Lipinski definition) is 2. The zero-order valence-corrected chi connectivity index (χ0v) is 9.92. The number of methoxy groups -OCH3 is 1. The molecule has 2 N–H and O–H groups in total. The minimum Gasteiger partial charge on any atom is -0.497 e. The van der Waals surface area contributed by atoms with E-state index >= 15 is 0 Å². The molecule has 0 aliphatic heterocycles. The van der Waals surface area contributed by atoms with Crippen molar-refractivity contribution in [3.8, 4) is 5.75 Å². The Hall–Kier alpha value is -1.26. The Labute approximate surface area is 101 Å². The second kappa shape index (κ2) is 7.96. The van der Waals surface area contributed by atoms with Gasteiger partial charge < -0.3 is 15.2 Å². The third-order valence-corrected chi connectivity index (χ3v) is 2.00. The van der Waals surface area contributed by atoms with Gasteiger partial charge in [-0.3, -0.25) is 4.79 Å². The summed E-state index contributed by atoms with van der Waals surface area (Å²) in [5, 5.41) is 11.5. The van der Waals surface area contributed by atoms with E-state index in [1.165, 1.54) is 0 Å². The molecule has 1 aromatic carbocycles. The van der Waals surface area contributed by atoms with Gasteiger partial charge in [0.15, 0.2) is 0 Å². The van der Waals surface area contributed by atoms with Gasteiger partial charge in [0.1, 0.15) is 5.75 Å². The minimum atomic E-state index is -0.780. The zero-order valence-electron chi connectivity index (χ0n) is 9.10. The summed E-state index contributed by atoms with van der Waals surface area (Å²) < 4.78 is 5.03. The van der Waals surface area contributed by atoms with Crippen molar-refractivity contribution in [3.05, 3.63) is 29.8 Å². The maximum Gasteiger partial charge on any atom is 0.304 e. The molecule has 0 saturated carbocycles. The van der Waals surface area contributed by atoms with Gasteiger partial charge >= 0.3 is 5.97 Å². The molecule has 90 valence electrons. The Morgan fingerprint density at radius 2 is 2.00 bits per heavy atom. The van der Waals surface area contributed by atoms with Crippen LogP contribution in [0.3, 0.4) is 0 Å². The van der Waals surface area contributed by atoms with Crippen molar-refractivity contribution in [2.75, 3.05) is 13.7 Å². The van der Waals surface area contributed by atoms with Crippen molar-refractivity contribution in [2.45, 2.75) is 13.0 Å². The van der Waals surface area contributed by atoms with Gasteiger partial charge in [-0.1, -0.05) is 12.1 Å². The van der Waals surface area contributed by atoms with E-state index < -0.39 is 5.97 Å². The minimum absolute atomic E-state index is 0. The molecule has 4 nitrogen and oxygen atoms in total. The van der Waals surface area contributed by atoms with E-state index in [0.29, 0.717) is 13.1 Å². The number of hydrogen-bond acceptors (Lipinski definition) is 3. The molecular formula is C11H16ClNO3. The fraction of sp³-hybridized carbons (Fsp3) is 0.364. The van der Waals surface area contributed by atoms with Crippen LogP contribution in [-0.4, -0.2) is 24.7 Å². The van der Waals surface area contributed by atoms with Crippen LogP contribution >= 0.6 is 12.4 Å². The predicted molar refractivity (Wildman–Crippen MR) is 64.2 cm³/mol. The largest absolute Gasteiger partial charge is 0.497 e. The van der Waals surface area contributed by atoms with Crippen LogP contribution in [-0.2, 0) is 11.3 Å². The predicted octanol–water partition coefficient (Wildman–Crippen LogP) is 1.68. The molecule has 0 heterocycles. The molecule has 0 amide bonds. The van der Waals surface area contributed by atoms with Crippen molar-refractivity contribution in [3.63, 3.8) is 0 Å². The molecule has 0 aliphatic carbocycles. The van der Waals surface area contributed by atoms with Gasteiger partial charge in [0.05, 0.1) is 13.5 Å². The van der Waals surface area contributed by atoms with Crippen LogP contribution < -0.4 is 10.1 Å². The van der Waals surface area contributed by atoms with Gasteiger partial charge in [-0.2, -0.15) is 0 Å². The summed E-state index contributed by atoms with van der Waals surface area (Å²) >= 11 is 0. The van der Waals surface area contributed by atoms with Gasteiger partial charge in [-0.25, -0.2) is 0 Å². The average Bonchev–Trinajstić information content (AvgIpc) is 2.25. The van der Waals surface area contributed by atoms with Crippen LogP contribution in [0.25, 0.3) is 0 Å². The standard InChI is InChI=1S/C11H15NO3.ClH/c1-15-10-4-2-9(3-5-10)8-12-7-6-11(13)14;/h2-5,12H,6-8H2,1H3,(H,13,14);1H. The maximum absolute atomic E-state index is 10.2. The second-order valence-corrected chi connectivity index (χ2v) is 3.17. The van der Waals surface area contributed by atoms with E-state index in [-0.39, 0.29) is 18.8 Å². The van der Waals surface area contributed by atoms with Crippen LogP contribution in [0, 0.1) is 0 Å². The number of halogens is 1. The summed E-state index contributed by atoms with van der Waals surface area (Å²) in [5.41, 5.74) is 1.11. The third kappa shape index (κ3) is 5.58. The smallest absolute Gasteiger partial charge is 0.304 e. The van der Waals surface area contributed by atoms with Crippen LogP contribution in [0.1, 0.15) is 12.0 Å². The molecule has 0 aromatic heterocycles. The number of carbonyl (C=O) groups is 1. The number of benzene rings is 1. The fourth-order valence-corrected chi connectivity index (χ4v) is 1.17. The lowest BCUT2D eigenvalue weighted by atomic mass is 10.2. The molecule has 1 aromatic rings. The first-order valence-corrected chi connectivity index (χ1v) is 4.78. The first kappa shape index (κ1) is 14.7. The van der Waals surface area contributed by atoms with E-state index in [1.807, 2.05) is 24.3 Å². The van der Waals surface area contributed by atoms with Gasteiger partial charge in [0.25, 0.3) is 0 Å². The fourth-order valence-electron chi connectivity index (χ4n) is 1.17. The van der Waals surface area contributed by atoms with Gasteiger partial charge in [0, 0.05) is 13.1 Å². The zero-order chi connectivity index (χ0) is 11.1. The van der Waals surface area contributed by atoms with Crippen LogP contribution in [0.4, 0.5) is 0 Å².